The number of rotatable bonds is 6. The van der Waals surface area contributed by atoms with E-state index in [-0.39, 0.29) is 0 Å². The lowest BCUT2D eigenvalue weighted by atomic mass is 10.1. The van der Waals surface area contributed by atoms with Crippen LogP contribution in [0, 0.1) is 6.92 Å². The quantitative estimate of drug-likeness (QED) is 0.855. The number of halogens is 1. The summed E-state index contributed by atoms with van der Waals surface area (Å²) < 4.78 is 5.28. The molecule has 0 aromatic heterocycles. The molecule has 0 radical (unpaired) electrons. The molecule has 0 amide bonds. The van der Waals surface area contributed by atoms with Crippen LogP contribution in [0.3, 0.4) is 0 Å². The van der Waals surface area contributed by atoms with Gasteiger partial charge in [0.1, 0.15) is 5.75 Å². The first kappa shape index (κ1) is 15.9. The van der Waals surface area contributed by atoms with E-state index in [4.69, 9.17) is 16.3 Å². The Bertz CT molecular complexity index is 598. The number of nitrogens with one attached hydrogen (secondary N) is 1. The van der Waals surface area contributed by atoms with E-state index in [1.165, 1.54) is 11.1 Å². The van der Waals surface area contributed by atoms with Crippen LogP contribution in [0.5, 0.6) is 5.75 Å². The molecule has 0 heterocycles. The van der Waals surface area contributed by atoms with Crippen molar-refractivity contribution in [2.45, 2.75) is 32.9 Å². The van der Waals surface area contributed by atoms with Gasteiger partial charge in [-0.1, -0.05) is 41.9 Å². The first-order chi connectivity index (χ1) is 10.1. The summed E-state index contributed by atoms with van der Waals surface area (Å²) in [5.41, 5.74) is 3.61. The van der Waals surface area contributed by atoms with E-state index >= 15 is 0 Å². The van der Waals surface area contributed by atoms with Crippen molar-refractivity contribution in [3.63, 3.8) is 0 Å². The minimum absolute atomic E-state index is 0.368. The van der Waals surface area contributed by atoms with Crippen molar-refractivity contribution in [2.75, 3.05) is 7.11 Å². The zero-order chi connectivity index (χ0) is 15.2. The van der Waals surface area contributed by atoms with Gasteiger partial charge >= 0.3 is 0 Å². The van der Waals surface area contributed by atoms with Gasteiger partial charge in [-0.05, 0) is 49.1 Å². The third-order valence-corrected chi connectivity index (χ3v) is 3.97. The Hall–Kier alpha value is -1.51. The molecule has 1 N–H and O–H groups in total. The van der Waals surface area contributed by atoms with Crippen molar-refractivity contribution >= 4 is 11.6 Å². The average molecular weight is 304 g/mol. The molecule has 0 bridgehead atoms. The van der Waals surface area contributed by atoms with Gasteiger partial charge in [0.2, 0.25) is 0 Å². The average Bonchev–Trinajstić information content (AvgIpc) is 2.48. The number of benzene rings is 2. The molecule has 2 aromatic rings. The predicted octanol–water partition coefficient (Wildman–Crippen LogP) is 4.38. The second-order valence-corrected chi connectivity index (χ2v) is 5.79. The van der Waals surface area contributed by atoms with Crippen LogP contribution in [0.15, 0.2) is 42.5 Å². The Balaban J connectivity index is 1.91. The fraction of sp³-hybridized carbons (Fsp3) is 0.333. The van der Waals surface area contributed by atoms with Crippen molar-refractivity contribution in [1.29, 1.82) is 0 Å². The summed E-state index contributed by atoms with van der Waals surface area (Å²) in [6, 6.07) is 14.7. The fourth-order valence-electron chi connectivity index (χ4n) is 2.41. The highest BCUT2D eigenvalue weighted by atomic mass is 35.5. The van der Waals surface area contributed by atoms with Gasteiger partial charge in [-0.15, -0.1) is 0 Å². The lowest BCUT2D eigenvalue weighted by Crippen LogP contribution is -2.27. The monoisotopic (exact) mass is 303 g/mol. The normalized spacial score (nSPS) is 12.2. The molecule has 3 heteroatoms. The summed E-state index contributed by atoms with van der Waals surface area (Å²) in [5, 5.41) is 4.38. The number of hydrogen-bond acceptors (Lipinski definition) is 2. The lowest BCUT2D eigenvalue weighted by molar-refractivity contribution is 0.411. The van der Waals surface area contributed by atoms with Gasteiger partial charge in [0.25, 0.3) is 0 Å². The van der Waals surface area contributed by atoms with Gasteiger partial charge in [-0.3, -0.25) is 0 Å². The molecule has 1 unspecified atom stereocenters. The third-order valence-electron chi connectivity index (χ3n) is 3.60. The highest BCUT2D eigenvalue weighted by molar-refractivity contribution is 6.31. The Morgan fingerprint density at radius 1 is 1.19 bits per heavy atom. The molecule has 1 atom stereocenters. The SMILES string of the molecule is COc1ccc(CNC(C)Cc2ccccc2Cl)cc1C. The molecule has 2 nitrogen and oxygen atoms in total. The summed E-state index contributed by atoms with van der Waals surface area (Å²) in [6.45, 7) is 5.09. The van der Waals surface area contributed by atoms with E-state index < -0.39 is 0 Å². The molecule has 0 fully saturated rings. The maximum absolute atomic E-state index is 6.20. The van der Waals surface area contributed by atoms with E-state index in [9.17, 15) is 0 Å². The molecular formula is C18H22ClNO. The van der Waals surface area contributed by atoms with Crippen molar-refractivity contribution in [3.05, 3.63) is 64.2 Å². The van der Waals surface area contributed by atoms with Crippen LogP contribution in [0.25, 0.3) is 0 Å². The van der Waals surface area contributed by atoms with Crippen molar-refractivity contribution < 1.29 is 4.74 Å². The van der Waals surface area contributed by atoms with E-state index in [0.29, 0.717) is 6.04 Å². The van der Waals surface area contributed by atoms with Crippen LogP contribution in [-0.2, 0) is 13.0 Å². The van der Waals surface area contributed by atoms with Crippen LogP contribution in [-0.4, -0.2) is 13.2 Å². The highest BCUT2D eigenvalue weighted by Crippen LogP contribution is 2.19. The summed E-state index contributed by atoms with van der Waals surface area (Å²) in [4.78, 5) is 0. The first-order valence-electron chi connectivity index (χ1n) is 7.20. The third kappa shape index (κ3) is 4.48. The smallest absolute Gasteiger partial charge is 0.121 e. The molecule has 21 heavy (non-hydrogen) atoms. The van der Waals surface area contributed by atoms with Crippen molar-refractivity contribution in [1.82, 2.24) is 5.32 Å². The molecule has 2 rings (SSSR count). The number of hydrogen-bond donors (Lipinski definition) is 1. The van der Waals surface area contributed by atoms with E-state index in [0.717, 1.165) is 29.3 Å². The van der Waals surface area contributed by atoms with Crippen molar-refractivity contribution in [3.8, 4) is 5.75 Å². The van der Waals surface area contributed by atoms with Gasteiger partial charge in [0.05, 0.1) is 7.11 Å². The minimum atomic E-state index is 0.368. The second kappa shape index (κ2) is 7.48. The molecule has 2 aromatic carbocycles. The van der Waals surface area contributed by atoms with Gasteiger partial charge in [0, 0.05) is 17.6 Å². The van der Waals surface area contributed by atoms with E-state index in [1.54, 1.807) is 7.11 Å². The van der Waals surface area contributed by atoms with Crippen LogP contribution >= 0.6 is 11.6 Å². The molecule has 0 saturated carbocycles. The number of methoxy groups -OCH3 is 1. The van der Waals surface area contributed by atoms with Gasteiger partial charge in [-0.25, -0.2) is 0 Å². The van der Waals surface area contributed by atoms with Crippen molar-refractivity contribution in [2.24, 2.45) is 0 Å². The standard InChI is InChI=1S/C18H22ClNO/c1-13-10-15(8-9-18(13)21-3)12-20-14(2)11-16-6-4-5-7-17(16)19/h4-10,14,20H,11-12H2,1-3H3. The summed E-state index contributed by atoms with van der Waals surface area (Å²) in [7, 11) is 1.70. The summed E-state index contributed by atoms with van der Waals surface area (Å²) in [5.74, 6) is 0.933. The molecule has 0 aliphatic rings. The van der Waals surface area contributed by atoms with E-state index in [2.05, 4.69) is 37.4 Å². The molecule has 0 aliphatic heterocycles. The number of ether oxygens (including phenoxy) is 1. The largest absolute Gasteiger partial charge is 0.496 e. The minimum Gasteiger partial charge on any atom is -0.496 e. The van der Waals surface area contributed by atoms with Crippen LogP contribution in [0.2, 0.25) is 5.02 Å². The Kier molecular flexibility index (Phi) is 5.66. The van der Waals surface area contributed by atoms with Gasteiger partial charge in [0.15, 0.2) is 0 Å². The first-order valence-corrected chi connectivity index (χ1v) is 7.58. The lowest BCUT2D eigenvalue weighted by Gasteiger charge is -2.15. The fourth-order valence-corrected chi connectivity index (χ4v) is 2.62. The van der Waals surface area contributed by atoms with Crippen LogP contribution < -0.4 is 10.1 Å². The van der Waals surface area contributed by atoms with E-state index in [1.807, 2.05) is 24.3 Å². The summed E-state index contributed by atoms with van der Waals surface area (Å²) in [6.07, 6.45) is 0.925. The zero-order valence-electron chi connectivity index (χ0n) is 12.8. The Morgan fingerprint density at radius 3 is 2.62 bits per heavy atom. The Morgan fingerprint density at radius 2 is 1.95 bits per heavy atom. The second-order valence-electron chi connectivity index (χ2n) is 5.38. The molecular weight excluding hydrogens is 282 g/mol. The highest BCUT2D eigenvalue weighted by Gasteiger charge is 2.07. The molecule has 0 aliphatic carbocycles. The molecule has 112 valence electrons. The number of aryl methyl sites for hydroxylation is 1. The molecule has 0 saturated heterocycles. The zero-order valence-corrected chi connectivity index (χ0v) is 13.6. The predicted molar refractivity (Wildman–Crippen MR) is 89.2 cm³/mol. The van der Waals surface area contributed by atoms with Gasteiger partial charge in [-0.2, -0.15) is 0 Å². The summed E-state index contributed by atoms with van der Waals surface area (Å²) >= 11 is 6.20. The van der Waals surface area contributed by atoms with Crippen LogP contribution in [0.1, 0.15) is 23.6 Å². The molecule has 0 spiro atoms. The maximum Gasteiger partial charge on any atom is 0.121 e. The maximum atomic E-state index is 6.20. The topological polar surface area (TPSA) is 21.3 Å². The van der Waals surface area contributed by atoms with Gasteiger partial charge < -0.3 is 10.1 Å². The Labute approximate surface area is 132 Å². The van der Waals surface area contributed by atoms with Crippen LogP contribution in [0.4, 0.5) is 0 Å².